The van der Waals surface area contributed by atoms with Crippen molar-refractivity contribution in [2.75, 3.05) is 0 Å². The summed E-state index contributed by atoms with van der Waals surface area (Å²) in [7, 11) is 0. The van der Waals surface area contributed by atoms with Crippen LogP contribution in [-0.2, 0) is 9.53 Å². The summed E-state index contributed by atoms with van der Waals surface area (Å²) >= 11 is 0. The molecule has 3 nitrogen and oxygen atoms in total. The van der Waals surface area contributed by atoms with Gasteiger partial charge in [0.1, 0.15) is 0 Å². The summed E-state index contributed by atoms with van der Waals surface area (Å²) in [6, 6.07) is 0. The van der Waals surface area contributed by atoms with Gasteiger partial charge in [-0.1, -0.05) is 20.3 Å². The summed E-state index contributed by atoms with van der Waals surface area (Å²) in [6.07, 6.45) is 5.46. The Morgan fingerprint density at radius 1 is 1.40 bits per heavy atom. The van der Waals surface area contributed by atoms with Crippen molar-refractivity contribution in [3.8, 4) is 0 Å². The standard InChI is InChI=1S/C12H22O3/c1-3-4-11(12(13)14)15-10-7-5-9(2)6-8-10/h9-11H,3-8H2,1-2H3,(H,13,14). The largest absolute Gasteiger partial charge is 0.479 e. The van der Waals surface area contributed by atoms with Crippen molar-refractivity contribution in [2.24, 2.45) is 5.92 Å². The lowest BCUT2D eigenvalue weighted by atomic mass is 9.89. The third-order valence-corrected chi connectivity index (χ3v) is 3.15. The van der Waals surface area contributed by atoms with Gasteiger partial charge in [0, 0.05) is 0 Å². The molecule has 1 unspecified atom stereocenters. The molecule has 3 heteroatoms. The number of carbonyl (C=O) groups is 1. The topological polar surface area (TPSA) is 46.5 Å². The molecule has 0 spiro atoms. The van der Waals surface area contributed by atoms with Gasteiger partial charge in [0.2, 0.25) is 0 Å². The fraction of sp³-hybridized carbons (Fsp3) is 0.917. The number of hydrogen-bond donors (Lipinski definition) is 1. The van der Waals surface area contributed by atoms with Crippen LogP contribution in [0.25, 0.3) is 0 Å². The van der Waals surface area contributed by atoms with Gasteiger partial charge >= 0.3 is 5.97 Å². The van der Waals surface area contributed by atoms with Crippen LogP contribution in [0.4, 0.5) is 0 Å². The lowest BCUT2D eigenvalue weighted by molar-refractivity contribution is -0.156. The van der Waals surface area contributed by atoms with Gasteiger partial charge < -0.3 is 9.84 Å². The molecule has 0 saturated heterocycles. The van der Waals surface area contributed by atoms with Crippen molar-refractivity contribution < 1.29 is 14.6 Å². The molecule has 1 N–H and O–H groups in total. The first-order valence-electron chi connectivity index (χ1n) is 6.01. The van der Waals surface area contributed by atoms with Gasteiger partial charge in [-0.25, -0.2) is 4.79 Å². The highest BCUT2D eigenvalue weighted by molar-refractivity contribution is 5.72. The van der Waals surface area contributed by atoms with Gasteiger partial charge in [-0.05, 0) is 38.0 Å². The number of ether oxygens (including phenoxy) is 1. The summed E-state index contributed by atoms with van der Waals surface area (Å²) in [6.45, 7) is 4.24. The Labute approximate surface area is 91.8 Å². The maximum absolute atomic E-state index is 10.9. The van der Waals surface area contributed by atoms with Crippen molar-refractivity contribution >= 4 is 5.97 Å². The van der Waals surface area contributed by atoms with E-state index in [1.54, 1.807) is 0 Å². The Kier molecular flexibility index (Phi) is 5.09. The van der Waals surface area contributed by atoms with Crippen LogP contribution >= 0.6 is 0 Å². The molecule has 0 aliphatic heterocycles. The molecule has 1 saturated carbocycles. The Morgan fingerprint density at radius 3 is 2.47 bits per heavy atom. The third-order valence-electron chi connectivity index (χ3n) is 3.15. The van der Waals surface area contributed by atoms with E-state index in [4.69, 9.17) is 9.84 Å². The van der Waals surface area contributed by atoms with Gasteiger partial charge in [-0.15, -0.1) is 0 Å². The molecule has 1 fully saturated rings. The molecular formula is C12H22O3. The molecule has 0 aromatic heterocycles. The quantitative estimate of drug-likeness (QED) is 0.765. The van der Waals surface area contributed by atoms with E-state index >= 15 is 0 Å². The van der Waals surface area contributed by atoms with E-state index in [0.717, 1.165) is 25.2 Å². The Hall–Kier alpha value is -0.570. The van der Waals surface area contributed by atoms with E-state index < -0.39 is 12.1 Å². The number of carboxylic acids is 1. The predicted octanol–water partition coefficient (Wildman–Crippen LogP) is 2.84. The molecule has 0 bridgehead atoms. The minimum absolute atomic E-state index is 0.175. The summed E-state index contributed by atoms with van der Waals surface area (Å²) < 4.78 is 5.64. The van der Waals surface area contributed by atoms with Crippen LogP contribution in [0.2, 0.25) is 0 Å². The van der Waals surface area contributed by atoms with E-state index in [0.29, 0.717) is 6.42 Å². The molecule has 1 aliphatic rings. The van der Waals surface area contributed by atoms with E-state index in [9.17, 15) is 4.79 Å². The minimum atomic E-state index is -0.810. The van der Waals surface area contributed by atoms with Crippen LogP contribution in [0.1, 0.15) is 52.4 Å². The van der Waals surface area contributed by atoms with E-state index in [2.05, 4.69) is 6.92 Å². The van der Waals surface area contributed by atoms with Crippen molar-refractivity contribution in [3.05, 3.63) is 0 Å². The van der Waals surface area contributed by atoms with Crippen LogP contribution in [0.15, 0.2) is 0 Å². The van der Waals surface area contributed by atoms with Crippen molar-refractivity contribution in [2.45, 2.75) is 64.6 Å². The first-order chi connectivity index (χ1) is 7.13. The Bertz CT molecular complexity index is 195. The SMILES string of the molecule is CCCC(OC1CCC(C)CC1)C(=O)O. The zero-order valence-corrected chi connectivity index (χ0v) is 9.74. The highest BCUT2D eigenvalue weighted by Gasteiger charge is 2.25. The van der Waals surface area contributed by atoms with Gasteiger partial charge in [-0.2, -0.15) is 0 Å². The van der Waals surface area contributed by atoms with Crippen molar-refractivity contribution in [1.29, 1.82) is 0 Å². The van der Waals surface area contributed by atoms with Crippen LogP contribution < -0.4 is 0 Å². The number of rotatable bonds is 5. The zero-order chi connectivity index (χ0) is 11.3. The zero-order valence-electron chi connectivity index (χ0n) is 9.74. The van der Waals surface area contributed by atoms with Crippen molar-refractivity contribution in [1.82, 2.24) is 0 Å². The number of carboxylic acid groups (broad SMARTS) is 1. The molecule has 88 valence electrons. The molecule has 15 heavy (non-hydrogen) atoms. The van der Waals surface area contributed by atoms with Gasteiger partial charge in [-0.3, -0.25) is 0 Å². The smallest absolute Gasteiger partial charge is 0.332 e. The normalized spacial score (nSPS) is 28.7. The molecule has 0 amide bonds. The number of aliphatic carboxylic acids is 1. The monoisotopic (exact) mass is 214 g/mol. The van der Waals surface area contributed by atoms with Gasteiger partial charge in [0.15, 0.2) is 6.10 Å². The molecule has 1 atom stereocenters. The minimum Gasteiger partial charge on any atom is -0.479 e. The van der Waals surface area contributed by atoms with E-state index in [1.165, 1.54) is 12.8 Å². The van der Waals surface area contributed by atoms with E-state index in [1.807, 2.05) is 6.92 Å². The maximum atomic E-state index is 10.9. The van der Waals surface area contributed by atoms with Crippen molar-refractivity contribution in [3.63, 3.8) is 0 Å². The second-order valence-electron chi connectivity index (χ2n) is 4.63. The highest BCUT2D eigenvalue weighted by atomic mass is 16.5. The Morgan fingerprint density at radius 2 is 2.00 bits per heavy atom. The molecule has 0 radical (unpaired) electrons. The van der Waals surface area contributed by atoms with E-state index in [-0.39, 0.29) is 6.10 Å². The van der Waals surface area contributed by atoms with Crippen LogP contribution in [0, 0.1) is 5.92 Å². The van der Waals surface area contributed by atoms with Gasteiger partial charge in [0.05, 0.1) is 6.10 Å². The molecule has 0 heterocycles. The summed E-state index contributed by atoms with van der Waals surface area (Å²) in [4.78, 5) is 10.9. The first kappa shape index (κ1) is 12.5. The molecular weight excluding hydrogens is 192 g/mol. The highest BCUT2D eigenvalue weighted by Crippen LogP contribution is 2.26. The average molecular weight is 214 g/mol. The predicted molar refractivity (Wildman–Crippen MR) is 58.8 cm³/mol. The lowest BCUT2D eigenvalue weighted by Gasteiger charge is -2.28. The molecule has 1 aliphatic carbocycles. The molecule has 0 aromatic rings. The fourth-order valence-electron chi connectivity index (χ4n) is 2.11. The van der Waals surface area contributed by atoms with Crippen LogP contribution in [0.3, 0.4) is 0 Å². The lowest BCUT2D eigenvalue weighted by Crippen LogP contribution is -2.31. The van der Waals surface area contributed by atoms with Crippen LogP contribution in [-0.4, -0.2) is 23.3 Å². The van der Waals surface area contributed by atoms with Gasteiger partial charge in [0.25, 0.3) is 0 Å². The third kappa shape index (κ3) is 4.20. The fourth-order valence-corrected chi connectivity index (χ4v) is 2.11. The number of hydrogen-bond acceptors (Lipinski definition) is 2. The molecule has 0 aromatic carbocycles. The average Bonchev–Trinajstić information content (AvgIpc) is 2.20. The molecule has 1 rings (SSSR count). The second kappa shape index (κ2) is 6.11. The second-order valence-corrected chi connectivity index (χ2v) is 4.63. The summed E-state index contributed by atoms with van der Waals surface area (Å²) in [5.74, 6) is -0.0326. The Balaban J connectivity index is 2.34. The summed E-state index contributed by atoms with van der Waals surface area (Å²) in [5.41, 5.74) is 0. The van der Waals surface area contributed by atoms with Crippen LogP contribution in [0.5, 0.6) is 0 Å². The first-order valence-corrected chi connectivity index (χ1v) is 6.01. The summed E-state index contributed by atoms with van der Waals surface area (Å²) in [5, 5.41) is 8.96. The maximum Gasteiger partial charge on any atom is 0.332 e.